The molecule has 0 bridgehead atoms. The van der Waals surface area contributed by atoms with Crippen LogP contribution in [0.3, 0.4) is 0 Å². The predicted octanol–water partition coefficient (Wildman–Crippen LogP) is 4.82. The molecule has 2 aliphatic carbocycles. The quantitative estimate of drug-likeness (QED) is 0.729. The Bertz CT molecular complexity index is 954. The summed E-state index contributed by atoms with van der Waals surface area (Å²) in [4.78, 5) is 13.0. The van der Waals surface area contributed by atoms with Gasteiger partial charge >= 0.3 is 6.03 Å². The van der Waals surface area contributed by atoms with Gasteiger partial charge in [-0.1, -0.05) is 6.07 Å². The smallest absolute Gasteiger partial charge is 0.352 e. The summed E-state index contributed by atoms with van der Waals surface area (Å²) in [5.74, 6) is 0. The standard InChI is InChI=1S/C22H29N3O2S2/c1-22(2,27)16-12-19(28-13-16)29(25(3)4)24-21(26)23-20-17-9-5-7-14(17)11-15-8-6-10-18(15)20/h11-13,27H,5-10H2,1-4H3,(H,23,26). The van der Waals surface area contributed by atoms with Gasteiger partial charge in [-0.15, -0.1) is 11.3 Å². The highest BCUT2D eigenvalue weighted by Crippen LogP contribution is 2.38. The molecule has 1 heterocycles. The van der Waals surface area contributed by atoms with Crippen LogP contribution in [0.5, 0.6) is 0 Å². The highest BCUT2D eigenvalue weighted by atomic mass is 32.2. The molecule has 0 radical (unpaired) electrons. The summed E-state index contributed by atoms with van der Waals surface area (Å²) < 4.78 is 7.46. The van der Waals surface area contributed by atoms with E-state index in [0.717, 1.165) is 54.0 Å². The van der Waals surface area contributed by atoms with E-state index in [9.17, 15) is 9.90 Å². The van der Waals surface area contributed by atoms with Crippen molar-refractivity contribution in [2.75, 3.05) is 19.4 Å². The number of anilines is 1. The largest absolute Gasteiger partial charge is 0.386 e. The van der Waals surface area contributed by atoms with E-state index >= 15 is 0 Å². The zero-order valence-electron chi connectivity index (χ0n) is 17.5. The Kier molecular flexibility index (Phi) is 5.68. The van der Waals surface area contributed by atoms with Gasteiger partial charge in [-0.25, -0.2) is 9.10 Å². The Morgan fingerprint density at radius 2 is 1.76 bits per heavy atom. The van der Waals surface area contributed by atoms with E-state index in [2.05, 4.69) is 15.7 Å². The van der Waals surface area contributed by atoms with Crippen molar-refractivity contribution in [1.82, 2.24) is 4.31 Å². The molecule has 0 fully saturated rings. The molecular formula is C22H29N3O2S2. The first-order chi connectivity index (χ1) is 13.7. The van der Waals surface area contributed by atoms with Crippen molar-refractivity contribution in [3.63, 3.8) is 0 Å². The lowest BCUT2D eigenvalue weighted by molar-refractivity contribution is 0.0789. The average molecular weight is 432 g/mol. The lowest BCUT2D eigenvalue weighted by atomic mass is 9.99. The summed E-state index contributed by atoms with van der Waals surface area (Å²) in [6.45, 7) is 3.54. The van der Waals surface area contributed by atoms with Crippen LogP contribution in [0.4, 0.5) is 10.5 Å². The van der Waals surface area contributed by atoms with Gasteiger partial charge < -0.3 is 10.4 Å². The van der Waals surface area contributed by atoms with Crippen LogP contribution in [-0.2, 0) is 42.2 Å². The molecule has 0 aliphatic heterocycles. The summed E-state index contributed by atoms with van der Waals surface area (Å²) in [6.07, 6.45) is 6.62. The van der Waals surface area contributed by atoms with Crippen molar-refractivity contribution in [3.05, 3.63) is 45.3 Å². The van der Waals surface area contributed by atoms with Crippen molar-refractivity contribution >= 4 is 33.9 Å². The number of carbonyl (C=O) groups is 1. The SMILES string of the molecule is CN(C)/S(=N/C(=O)Nc1c2c(cc3c1CCC3)CCC2)c1cc(C(C)(C)O)cs1. The van der Waals surface area contributed by atoms with Gasteiger partial charge in [0.2, 0.25) is 0 Å². The van der Waals surface area contributed by atoms with E-state index in [1.165, 1.54) is 33.6 Å². The molecule has 2 amide bonds. The number of hydrogen-bond donors (Lipinski definition) is 2. The Hall–Kier alpha value is -1.54. The van der Waals surface area contributed by atoms with Crippen LogP contribution < -0.4 is 5.32 Å². The van der Waals surface area contributed by atoms with Gasteiger partial charge in [0, 0.05) is 16.6 Å². The fourth-order valence-corrected chi connectivity index (χ4v) is 7.11. The zero-order valence-corrected chi connectivity index (χ0v) is 19.2. The maximum Gasteiger partial charge on any atom is 0.352 e. The summed E-state index contributed by atoms with van der Waals surface area (Å²) in [5, 5.41) is 15.4. The monoisotopic (exact) mass is 431 g/mol. The van der Waals surface area contributed by atoms with E-state index in [1.807, 2.05) is 29.8 Å². The molecule has 1 aromatic heterocycles. The number of rotatable bonds is 4. The molecule has 4 rings (SSSR count). The topological polar surface area (TPSA) is 64.9 Å². The first-order valence-electron chi connectivity index (χ1n) is 10.2. The average Bonchev–Trinajstić information content (AvgIpc) is 3.38. The van der Waals surface area contributed by atoms with Crippen LogP contribution in [0.15, 0.2) is 26.1 Å². The molecule has 2 N–H and O–H groups in total. The predicted molar refractivity (Wildman–Crippen MR) is 121 cm³/mol. The van der Waals surface area contributed by atoms with Crippen molar-refractivity contribution in [2.24, 2.45) is 4.36 Å². The number of aliphatic hydroxyl groups is 1. The lowest BCUT2D eigenvalue weighted by Crippen LogP contribution is -2.19. The number of aryl methyl sites for hydroxylation is 2. The van der Waals surface area contributed by atoms with Gasteiger partial charge in [-0.2, -0.15) is 4.36 Å². The van der Waals surface area contributed by atoms with Gasteiger partial charge in [0.15, 0.2) is 0 Å². The lowest BCUT2D eigenvalue weighted by Gasteiger charge is -2.17. The third-order valence-corrected chi connectivity index (χ3v) is 8.65. The third-order valence-electron chi connectivity index (χ3n) is 5.68. The molecular weight excluding hydrogens is 402 g/mol. The fourth-order valence-electron chi connectivity index (χ4n) is 4.22. The molecule has 5 nitrogen and oxygen atoms in total. The number of carbonyl (C=O) groups excluding carboxylic acids is 1. The van der Waals surface area contributed by atoms with Gasteiger partial charge in [0.05, 0.1) is 9.81 Å². The number of urea groups is 1. The number of hydrogen-bond acceptors (Lipinski definition) is 3. The van der Waals surface area contributed by atoms with Crippen molar-refractivity contribution in [2.45, 2.75) is 62.2 Å². The molecule has 0 spiro atoms. The van der Waals surface area contributed by atoms with Gasteiger partial charge in [-0.3, -0.25) is 0 Å². The van der Waals surface area contributed by atoms with E-state index < -0.39 is 16.5 Å². The van der Waals surface area contributed by atoms with Gasteiger partial charge in [-0.05, 0) is 106 Å². The molecule has 156 valence electrons. The van der Waals surface area contributed by atoms with Crippen LogP contribution in [-0.4, -0.2) is 29.5 Å². The molecule has 1 aromatic carbocycles. The third kappa shape index (κ3) is 4.19. The van der Waals surface area contributed by atoms with Crippen LogP contribution in [0.2, 0.25) is 0 Å². The van der Waals surface area contributed by atoms with E-state index in [-0.39, 0.29) is 6.03 Å². The second-order valence-electron chi connectivity index (χ2n) is 8.55. The highest BCUT2D eigenvalue weighted by molar-refractivity contribution is 7.87. The Labute approximate surface area is 179 Å². The number of thiophene rings is 1. The minimum absolute atomic E-state index is 0.283. The van der Waals surface area contributed by atoms with Crippen molar-refractivity contribution in [1.29, 1.82) is 0 Å². The van der Waals surface area contributed by atoms with Crippen LogP contribution >= 0.6 is 11.3 Å². The molecule has 7 heteroatoms. The summed E-state index contributed by atoms with van der Waals surface area (Å²) in [5.41, 5.74) is 6.43. The number of benzene rings is 1. The number of amides is 2. The second kappa shape index (κ2) is 7.95. The van der Waals surface area contributed by atoms with Crippen LogP contribution in [0, 0.1) is 0 Å². The molecule has 0 saturated carbocycles. The zero-order chi connectivity index (χ0) is 20.8. The maximum atomic E-state index is 13.0. The Morgan fingerprint density at radius 3 is 2.28 bits per heavy atom. The number of fused-ring (bicyclic) bond motifs is 2. The first-order valence-corrected chi connectivity index (χ1v) is 12.2. The fraction of sp³-hybridized carbons (Fsp3) is 0.500. The van der Waals surface area contributed by atoms with E-state index in [4.69, 9.17) is 0 Å². The summed E-state index contributed by atoms with van der Waals surface area (Å²) in [7, 11) is 3.16. The highest BCUT2D eigenvalue weighted by Gasteiger charge is 2.25. The summed E-state index contributed by atoms with van der Waals surface area (Å²) >= 11 is 1.54. The molecule has 1 unspecified atom stereocenters. The molecule has 2 aliphatic rings. The Balaban J connectivity index is 1.65. The maximum absolute atomic E-state index is 13.0. The molecule has 29 heavy (non-hydrogen) atoms. The summed E-state index contributed by atoms with van der Waals surface area (Å²) in [6, 6.07) is 4.04. The van der Waals surface area contributed by atoms with Crippen molar-refractivity contribution < 1.29 is 9.90 Å². The number of nitrogens with one attached hydrogen (secondary N) is 1. The minimum atomic E-state index is -0.899. The van der Waals surface area contributed by atoms with Crippen molar-refractivity contribution in [3.8, 4) is 0 Å². The van der Waals surface area contributed by atoms with Crippen LogP contribution in [0.25, 0.3) is 0 Å². The number of nitrogens with zero attached hydrogens (tertiary/aromatic N) is 2. The van der Waals surface area contributed by atoms with E-state index in [1.54, 1.807) is 13.8 Å². The first kappa shape index (κ1) is 20.7. The van der Waals surface area contributed by atoms with Crippen LogP contribution in [0.1, 0.15) is 54.5 Å². The Morgan fingerprint density at radius 1 is 1.14 bits per heavy atom. The van der Waals surface area contributed by atoms with E-state index in [0.29, 0.717) is 0 Å². The molecule has 1 atom stereocenters. The normalized spacial score (nSPS) is 16.9. The molecule has 0 saturated heterocycles. The minimum Gasteiger partial charge on any atom is -0.386 e. The van der Waals surface area contributed by atoms with Gasteiger partial charge in [0.25, 0.3) is 0 Å². The second-order valence-corrected chi connectivity index (χ2v) is 11.6. The molecule has 2 aromatic rings. The van der Waals surface area contributed by atoms with Gasteiger partial charge in [0.1, 0.15) is 0 Å².